The Bertz CT molecular complexity index is 1910. The van der Waals surface area contributed by atoms with Crippen molar-refractivity contribution in [1.29, 1.82) is 0 Å². The van der Waals surface area contributed by atoms with Gasteiger partial charge < -0.3 is 4.90 Å². The molecular formula is C38H27N. The Morgan fingerprint density at radius 3 is 1.59 bits per heavy atom. The van der Waals surface area contributed by atoms with Crippen LogP contribution in [-0.2, 0) is 0 Å². The maximum absolute atomic E-state index is 2.36. The van der Waals surface area contributed by atoms with E-state index in [2.05, 4.69) is 169 Å². The lowest BCUT2D eigenvalue weighted by Crippen LogP contribution is -2.10. The number of benzene rings is 7. The molecule has 7 aromatic carbocycles. The van der Waals surface area contributed by atoms with Crippen LogP contribution in [0.25, 0.3) is 44.5 Å². The third kappa shape index (κ3) is 4.45. The molecule has 0 aromatic heterocycles. The number of hydrogen-bond donors (Lipinski definition) is 0. The second-order valence-electron chi connectivity index (χ2n) is 9.87. The lowest BCUT2D eigenvalue weighted by Gasteiger charge is -2.27. The monoisotopic (exact) mass is 497 g/mol. The van der Waals surface area contributed by atoms with Crippen LogP contribution in [0.5, 0.6) is 0 Å². The van der Waals surface area contributed by atoms with Crippen LogP contribution in [0, 0.1) is 0 Å². The van der Waals surface area contributed by atoms with Gasteiger partial charge in [0, 0.05) is 16.8 Å². The van der Waals surface area contributed by atoms with Crippen LogP contribution in [0.1, 0.15) is 11.1 Å². The van der Waals surface area contributed by atoms with Gasteiger partial charge in [-0.2, -0.15) is 0 Å². The van der Waals surface area contributed by atoms with E-state index in [1.165, 1.54) is 49.1 Å². The molecule has 0 heterocycles. The van der Waals surface area contributed by atoms with Crippen molar-refractivity contribution in [3.8, 4) is 0 Å². The molecule has 0 fully saturated rings. The number of anilines is 3. The highest BCUT2D eigenvalue weighted by atomic mass is 15.1. The van der Waals surface area contributed by atoms with Crippen molar-refractivity contribution < 1.29 is 0 Å². The fourth-order valence-corrected chi connectivity index (χ4v) is 5.47. The van der Waals surface area contributed by atoms with Crippen molar-refractivity contribution in [2.45, 2.75) is 0 Å². The maximum Gasteiger partial charge on any atom is 0.0546 e. The predicted molar refractivity (Wildman–Crippen MR) is 169 cm³/mol. The highest BCUT2D eigenvalue weighted by Crippen LogP contribution is 2.41. The standard InChI is InChI=1S/C38H27N/c1-3-13-33(14-4-1)39(34-15-5-2-6-16-34)38-27-32-24-22-29(26-37(32)35-17-9-10-18-36(35)38)20-19-28-21-23-30-11-7-8-12-31(30)25-28/h1-27H. The van der Waals surface area contributed by atoms with E-state index in [0.29, 0.717) is 0 Å². The molecular weight excluding hydrogens is 470 g/mol. The zero-order valence-corrected chi connectivity index (χ0v) is 21.5. The molecule has 0 aliphatic heterocycles. The van der Waals surface area contributed by atoms with Gasteiger partial charge in [0.25, 0.3) is 0 Å². The molecule has 184 valence electrons. The summed E-state index contributed by atoms with van der Waals surface area (Å²) in [6.45, 7) is 0. The molecule has 7 rings (SSSR count). The lowest BCUT2D eigenvalue weighted by molar-refractivity contribution is 1.30. The fraction of sp³-hybridized carbons (Fsp3) is 0. The van der Waals surface area contributed by atoms with Gasteiger partial charge in [-0.25, -0.2) is 0 Å². The van der Waals surface area contributed by atoms with Gasteiger partial charge in [-0.1, -0.05) is 121 Å². The van der Waals surface area contributed by atoms with Crippen molar-refractivity contribution in [1.82, 2.24) is 0 Å². The van der Waals surface area contributed by atoms with Crippen molar-refractivity contribution in [3.05, 3.63) is 163 Å². The Morgan fingerprint density at radius 1 is 0.359 bits per heavy atom. The van der Waals surface area contributed by atoms with Gasteiger partial charge in [-0.15, -0.1) is 0 Å². The normalized spacial score (nSPS) is 11.5. The van der Waals surface area contributed by atoms with Gasteiger partial charge in [0.05, 0.1) is 5.69 Å². The highest BCUT2D eigenvalue weighted by Gasteiger charge is 2.16. The smallest absolute Gasteiger partial charge is 0.0546 e. The Morgan fingerprint density at radius 2 is 0.897 bits per heavy atom. The highest BCUT2D eigenvalue weighted by molar-refractivity contribution is 6.15. The summed E-state index contributed by atoms with van der Waals surface area (Å²) in [4.78, 5) is 2.36. The van der Waals surface area contributed by atoms with Crippen LogP contribution in [0.3, 0.4) is 0 Å². The van der Waals surface area contributed by atoms with E-state index in [-0.39, 0.29) is 0 Å². The van der Waals surface area contributed by atoms with Gasteiger partial charge in [-0.3, -0.25) is 0 Å². The van der Waals surface area contributed by atoms with Gasteiger partial charge in [0.15, 0.2) is 0 Å². The Balaban J connectivity index is 1.36. The molecule has 0 aliphatic rings. The van der Waals surface area contributed by atoms with E-state index in [0.717, 1.165) is 11.4 Å². The van der Waals surface area contributed by atoms with E-state index in [1.807, 2.05) is 0 Å². The van der Waals surface area contributed by atoms with Crippen LogP contribution in [0.2, 0.25) is 0 Å². The first-order chi connectivity index (χ1) is 19.3. The molecule has 0 aliphatic carbocycles. The van der Waals surface area contributed by atoms with Crippen LogP contribution in [0.4, 0.5) is 17.1 Å². The molecule has 1 heteroatoms. The molecule has 0 unspecified atom stereocenters. The second kappa shape index (κ2) is 9.96. The number of para-hydroxylation sites is 2. The molecule has 7 aromatic rings. The summed E-state index contributed by atoms with van der Waals surface area (Å²) >= 11 is 0. The molecule has 0 atom stereocenters. The first kappa shape index (κ1) is 23.0. The quantitative estimate of drug-likeness (QED) is 0.169. The fourth-order valence-electron chi connectivity index (χ4n) is 5.47. The van der Waals surface area contributed by atoms with Gasteiger partial charge in [0.2, 0.25) is 0 Å². The predicted octanol–water partition coefficient (Wildman–Crippen LogP) is 10.8. The van der Waals surface area contributed by atoms with Crippen LogP contribution in [0.15, 0.2) is 152 Å². The minimum absolute atomic E-state index is 1.14. The topological polar surface area (TPSA) is 3.24 Å². The lowest BCUT2D eigenvalue weighted by atomic mass is 9.97. The maximum atomic E-state index is 2.36. The van der Waals surface area contributed by atoms with Crippen molar-refractivity contribution in [2.24, 2.45) is 0 Å². The summed E-state index contributed by atoms with van der Waals surface area (Å²) < 4.78 is 0. The van der Waals surface area contributed by atoms with E-state index in [9.17, 15) is 0 Å². The second-order valence-corrected chi connectivity index (χ2v) is 9.87. The molecule has 0 N–H and O–H groups in total. The molecule has 0 spiro atoms. The average molecular weight is 498 g/mol. The van der Waals surface area contributed by atoms with Crippen molar-refractivity contribution in [2.75, 3.05) is 4.90 Å². The SMILES string of the molecule is C(=Cc1ccc2cc(N(c3ccccc3)c3ccccc3)c3ccccc3c2c1)c1ccc2ccccc2c1. The number of rotatable bonds is 5. The van der Waals surface area contributed by atoms with E-state index in [1.54, 1.807) is 0 Å². The Labute approximate surface area is 228 Å². The minimum Gasteiger partial charge on any atom is -0.310 e. The molecule has 0 amide bonds. The van der Waals surface area contributed by atoms with Crippen LogP contribution in [-0.4, -0.2) is 0 Å². The summed E-state index contributed by atoms with van der Waals surface area (Å²) in [6, 6.07) is 54.2. The molecule has 0 saturated carbocycles. The largest absolute Gasteiger partial charge is 0.310 e. The van der Waals surface area contributed by atoms with Crippen molar-refractivity contribution in [3.63, 3.8) is 0 Å². The summed E-state index contributed by atoms with van der Waals surface area (Å²) in [5, 5.41) is 7.50. The summed E-state index contributed by atoms with van der Waals surface area (Å²) in [6.07, 6.45) is 4.42. The molecule has 0 bridgehead atoms. The summed E-state index contributed by atoms with van der Waals surface area (Å²) in [7, 11) is 0. The van der Waals surface area contributed by atoms with Gasteiger partial charge >= 0.3 is 0 Å². The Hall–Kier alpha value is -5.14. The molecule has 0 saturated heterocycles. The van der Waals surface area contributed by atoms with Crippen molar-refractivity contribution >= 4 is 61.5 Å². The minimum atomic E-state index is 1.14. The van der Waals surface area contributed by atoms with E-state index < -0.39 is 0 Å². The molecule has 39 heavy (non-hydrogen) atoms. The molecule has 0 radical (unpaired) electrons. The number of hydrogen-bond acceptors (Lipinski definition) is 1. The average Bonchev–Trinajstić information content (AvgIpc) is 3.01. The van der Waals surface area contributed by atoms with Crippen LogP contribution >= 0.6 is 0 Å². The third-order valence-electron chi connectivity index (χ3n) is 7.37. The first-order valence-electron chi connectivity index (χ1n) is 13.4. The number of nitrogens with zero attached hydrogens (tertiary/aromatic N) is 1. The Kier molecular flexibility index (Phi) is 5.88. The first-order valence-corrected chi connectivity index (χ1v) is 13.4. The van der Waals surface area contributed by atoms with Gasteiger partial charge in [0.1, 0.15) is 0 Å². The zero-order valence-electron chi connectivity index (χ0n) is 21.5. The summed E-state index contributed by atoms with van der Waals surface area (Å²) in [5.74, 6) is 0. The van der Waals surface area contributed by atoms with E-state index in [4.69, 9.17) is 0 Å². The summed E-state index contributed by atoms with van der Waals surface area (Å²) in [5.41, 5.74) is 5.85. The van der Waals surface area contributed by atoms with Gasteiger partial charge in [-0.05, 0) is 80.5 Å². The van der Waals surface area contributed by atoms with E-state index >= 15 is 0 Å². The third-order valence-corrected chi connectivity index (χ3v) is 7.37. The zero-order chi connectivity index (χ0) is 26.0. The molecule has 1 nitrogen and oxygen atoms in total. The van der Waals surface area contributed by atoms with Crippen LogP contribution < -0.4 is 4.90 Å². The number of fused-ring (bicyclic) bond motifs is 4.